The molecule has 3 heterocycles. The van der Waals surface area contributed by atoms with Gasteiger partial charge in [-0.1, -0.05) is 23.7 Å². The van der Waals surface area contributed by atoms with E-state index >= 15 is 0 Å². The van der Waals surface area contributed by atoms with Gasteiger partial charge in [0, 0.05) is 62.7 Å². The number of ether oxygens (including phenoxy) is 1. The lowest BCUT2D eigenvalue weighted by atomic mass is 10.0. The van der Waals surface area contributed by atoms with Gasteiger partial charge in [0.1, 0.15) is 5.76 Å². The van der Waals surface area contributed by atoms with Crippen molar-refractivity contribution in [2.24, 2.45) is 10.9 Å². The van der Waals surface area contributed by atoms with Crippen molar-refractivity contribution in [3.63, 3.8) is 0 Å². The zero-order chi connectivity index (χ0) is 21.3. The summed E-state index contributed by atoms with van der Waals surface area (Å²) in [5, 5.41) is 7.97. The third-order valence-electron chi connectivity index (χ3n) is 6.02. The van der Waals surface area contributed by atoms with Gasteiger partial charge in [-0.3, -0.25) is 9.89 Å². The number of guanidine groups is 1. The van der Waals surface area contributed by atoms with Gasteiger partial charge in [0.2, 0.25) is 0 Å². The molecule has 2 saturated heterocycles. The van der Waals surface area contributed by atoms with Gasteiger partial charge in [-0.15, -0.1) is 24.0 Å². The van der Waals surface area contributed by atoms with E-state index in [4.69, 9.17) is 25.7 Å². The molecular formula is C24H34ClIN4O2. The number of hydrogen-bond donors (Lipinski definition) is 2. The molecule has 0 amide bonds. The average molecular weight is 573 g/mol. The summed E-state index contributed by atoms with van der Waals surface area (Å²) in [6, 6.07) is 12.6. The molecule has 8 heteroatoms. The molecule has 2 N–H and O–H groups in total. The van der Waals surface area contributed by atoms with Gasteiger partial charge in [0.15, 0.2) is 5.96 Å². The Bertz CT molecular complexity index is 802. The largest absolute Gasteiger partial charge is 0.469 e. The van der Waals surface area contributed by atoms with Crippen LogP contribution in [-0.4, -0.2) is 56.3 Å². The van der Waals surface area contributed by atoms with Crippen molar-refractivity contribution in [2.75, 3.05) is 39.4 Å². The van der Waals surface area contributed by atoms with Crippen LogP contribution in [-0.2, 0) is 17.7 Å². The van der Waals surface area contributed by atoms with Gasteiger partial charge in [-0.05, 0) is 49.1 Å². The molecule has 176 valence electrons. The van der Waals surface area contributed by atoms with E-state index in [9.17, 15) is 0 Å². The number of nitrogens with one attached hydrogen (secondary N) is 2. The molecule has 2 aromatic rings. The molecule has 0 radical (unpaired) electrons. The Labute approximate surface area is 213 Å². The summed E-state index contributed by atoms with van der Waals surface area (Å²) in [4.78, 5) is 7.38. The molecule has 2 aliphatic rings. The van der Waals surface area contributed by atoms with Crippen LogP contribution in [0.25, 0.3) is 0 Å². The van der Waals surface area contributed by atoms with Crippen LogP contribution in [0.1, 0.15) is 30.6 Å². The molecule has 0 spiro atoms. The van der Waals surface area contributed by atoms with Crippen LogP contribution in [0.15, 0.2) is 52.1 Å². The van der Waals surface area contributed by atoms with Crippen LogP contribution in [0.5, 0.6) is 0 Å². The Morgan fingerprint density at radius 2 is 1.94 bits per heavy atom. The van der Waals surface area contributed by atoms with E-state index in [1.807, 2.05) is 24.3 Å². The summed E-state index contributed by atoms with van der Waals surface area (Å²) in [5.41, 5.74) is 1.32. The first kappa shape index (κ1) is 25.3. The molecule has 1 aromatic heterocycles. The minimum atomic E-state index is 0. The Kier molecular flexibility index (Phi) is 10.6. The zero-order valence-electron chi connectivity index (χ0n) is 18.5. The average Bonchev–Trinajstić information content (AvgIpc) is 3.49. The third-order valence-corrected chi connectivity index (χ3v) is 6.28. The summed E-state index contributed by atoms with van der Waals surface area (Å²) >= 11 is 6.00. The number of nitrogens with zero attached hydrogens (tertiary/aromatic N) is 2. The Hall–Kier alpha value is -1.29. The molecule has 32 heavy (non-hydrogen) atoms. The molecule has 6 nitrogen and oxygen atoms in total. The molecule has 0 aliphatic carbocycles. The Morgan fingerprint density at radius 1 is 1.12 bits per heavy atom. The van der Waals surface area contributed by atoms with E-state index in [1.54, 1.807) is 6.26 Å². The second-order valence-electron chi connectivity index (χ2n) is 8.50. The van der Waals surface area contributed by atoms with Crippen molar-refractivity contribution in [3.05, 3.63) is 59.0 Å². The Morgan fingerprint density at radius 3 is 2.62 bits per heavy atom. The van der Waals surface area contributed by atoms with E-state index in [1.165, 1.54) is 5.56 Å². The van der Waals surface area contributed by atoms with Crippen molar-refractivity contribution < 1.29 is 9.15 Å². The molecule has 0 bridgehead atoms. The monoisotopic (exact) mass is 572 g/mol. The van der Waals surface area contributed by atoms with Crippen molar-refractivity contribution in [2.45, 2.75) is 38.3 Å². The molecule has 2 aliphatic heterocycles. The van der Waals surface area contributed by atoms with Crippen molar-refractivity contribution in [1.29, 1.82) is 0 Å². The second kappa shape index (κ2) is 13.4. The van der Waals surface area contributed by atoms with E-state index in [0.717, 1.165) is 88.4 Å². The summed E-state index contributed by atoms with van der Waals surface area (Å²) in [6.07, 6.45) is 5.89. The minimum absolute atomic E-state index is 0. The molecule has 4 rings (SSSR count). The van der Waals surface area contributed by atoms with Crippen molar-refractivity contribution in [3.8, 4) is 0 Å². The fraction of sp³-hybridized carbons (Fsp3) is 0.542. The molecule has 1 aromatic carbocycles. The second-order valence-corrected chi connectivity index (χ2v) is 8.93. The summed E-state index contributed by atoms with van der Waals surface area (Å²) in [5.74, 6) is 2.44. The lowest BCUT2D eigenvalue weighted by Gasteiger charge is -2.33. The number of benzene rings is 1. The van der Waals surface area contributed by atoms with E-state index in [0.29, 0.717) is 12.0 Å². The number of piperidine rings is 1. The standard InChI is InChI=1S/C24H33ClN4O2.HI/c25-21-5-3-19(4-6-21)17-29-12-8-22(9-13-29)28-24(27-16-20-10-15-30-18-20)26-11-7-23-2-1-14-31-23;/h1-6,14,20,22H,7-13,15-18H2,(H2,26,27,28);1H. The first-order chi connectivity index (χ1) is 15.2. The van der Waals surface area contributed by atoms with Crippen LogP contribution < -0.4 is 10.6 Å². The summed E-state index contributed by atoms with van der Waals surface area (Å²) < 4.78 is 10.9. The van der Waals surface area contributed by atoms with Gasteiger partial charge in [-0.2, -0.15) is 0 Å². The predicted octanol–water partition coefficient (Wildman–Crippen LogP) is 4.33. The quantitative estimate of drug-likeness (QED) is 0.280. The van der Waals surface area contributed by atoms with Crippen LogP contribution in [0.2, 0.25) is 5.02 Å². The SMILES string of the molecule is Clc1ccc(CN2CCC(NC(=NCC3CCOC3)NCCc3ccco3)CC2)cc1.I. The van der Waals surface area contributed by atoms with Gasteiger partial charge in [0.05, 0.1) is 12.9 Å². The lowest BCUT2D eigenvalue weighted by molar-refractivity contribution is 0.187. The first-order valence-corrected chi connectivity index (χ1v) is 11.7. The molecule has 1 atom stereocenters. The van der Waals surface area contributed by atoms with E-state index < -0.39 is 0 Å². The van der Waals surface area contributed by atoms with Gasteiger partial charge < -0.3 is 19.8 Å². The smallest absolute Gasteiger partial charge is 0.191 e. The van der Waals surface area contributed by atoms with Crippen LogP contribution in [0.4, 0.5) is 0 Å². The highest BCUT2D eigenvalue weighted by atomic mass is 127. The molecule has 2 fully saturated rings. The van der Waals surface area contributed by atoms with Crippen LogP contribution >= 0.6 is 35.6 Å². The van der Waals surface area contributed by atoms with Crippen LogP contribution in [0.3, 0.4) is 0 Å². The summed E-state index contributed by atoms with van der Waals surface area (Å²) in [6.45, 7) is 6.44. The maximum absolute atomic E-state index is 6.00. The fourth-order valence-corrected chi connectivity index (χ4v) is 4.26. The normalized spacial score (nSPS) is 20.2. The third kappa shape index (κ3) is 8.24. The maximum Gasteiger partial charge on any atom is 0.191 e. The number of rotatable bonds is 8. The zero-order valence-corrected chi connectivity index (χ0v) is 21.6. The highest BCUT2D eigenvalue weighted by Gasteiger charge is 2.21. The number of halogens is 2. The minimum Gasteiger partial charge on any atom is -0.469 e. The number of hydrogen-bond acceptors (Lipinski definition) is 4. The number of furan rings is 1. The van der Waals surface area contributed by atoms with E-state index in [2.05, 4.69) is 27.7 Å². The van der Waals surface area contributed by atoms with Gasteiger partial charge in [-0.25, -0.2) is 0 Å². The highest BCUT2D eigenvalue weighted by Crippen LogP contribution is 2.16. The maximum atomic E-state index is 6.00. The van der Waals surface area contributed by atoms with E-state index in [-0.39, 0.29) is 24.0 Å². The highest BCUT2D eigenvalue weighted by molar-refractivity contribution is 14.0. The lowest BCUT2D eigenvalue weighted by Crippen LogP contribution is -2.49. The Balaban J connectivity index is 0.00000289. The topological polar surface area (TPSA) is 62.0 Å². The van der Waals surface area contributed by atoms with Crippen molar-refractivity contribution >= 4 is 41.5 Å². The predicted molar refractivity (Wildman–Crippen MR) is 140 cm³/mol. The summed E-state index contributed by atoms with van der Waals surface area (Å²) in [7, 11) is 0. The fourth-order valence-electron chi connectivity index (χ4n) is 4.14. The molecule has 1 unspecified atom stereocenters. The van der Waals surface area contributed by atoms with Gasteiger partial charge in [0.25, 0.3) is 0 Å². The van der Waals surface area contributed by atoms with Crippen LogP contribution in [0, 0.1) is 5.92 Å². The molecule has 0 saturated carbocycles. The molecular weight excluding hydrogens is 539 g/mol. The number of aliphatic imine (C=N–C) groups is 1. The first-order valence-electron chi connectivity index (χ1n) is 11.4. The number of likely N-dealkylation sites (tertiary alicyclic amines) is 1. The van der Waals surface area contributed by atoms with Gasteiger partial charge >= 0.3 is 0 Å². The van der Waals surface area contributed by atoms with Crippen molar-refractivity contribution in [1.82, 2.24) is 15.5 Å².